The van der Waals surface area contributed by atoms with Crippen molar-refractivity contribution in [2.45, 2.75) is 6.92 Å². The maximum atomic E-state index is 11.4. The van der Waals surface area contributed by atoms with E-state index in [0.29, 0.717) is 12.4 Å². The van der Waals surface area contributed by atoms with E-state index in [1.54, 1.807) is 21.1 Å². The fourth-order valence-corrected chi connectivity index (χ4v) is 1.70. The molecule has 0 bridgehead atoms. The van der Waals surface area contributed by atoms with E-state index < -0.39 is 0 Å². The van der Waals surface area contributed by atoms with Crippen molar-refractivity contribution in [3.63, 3.8) is 0 Å². The molecule has 0 radical (unpaired) electrons. The van der Waals surface area contributed by atoms with Crippen molar-refractivity contribution in [2.24, 2.45) is 0 Å². The number of methoxy groups -OCH3 is 1. The molecule has 0 unspecified atom stereocenters. The minimum Gasteiger partial charge on any atom is -0.497 e. The average molecular weight is 291 g/mol. The maximum Gasteiger partial charge on any atom is 0.325 e. The first-order valence-corrected chi connectivity index (χ1v) is 6.49. The zero-order valence-corrected chi connectivity index (χ0v) is 12.2. The summed E-state index contributed by atoms with van der Waals surface area (Å²) in [5.74, 6) is 0.856. The Bertz CT molecular complexity index is 595. The lowest BCUT2D eigenvalue weighted by Gasteiger charge is -2.11. The Morgan fingerprint density at radius 2 is 2.05 bits per heavy atom. The third-order valence-corrected chi connectivity index (χ3v) is 2.76. The predicted molar refractivity (Wildman–Crippen MR) is 76.2 cm³/mol. The van der Waals surface area contributed by atoms with E-state index in [9.17, 15) is 4.79 Å². The molecule has 0 saturated heterocycles. The molecule has 0 aliphatic rings. The van der Waals surface area contributed by atoms with E-state index in [4.69, 9.17) is 14.0 Å². The van der Waals surface area contributed by atoms with E-state index in [1.165, 1.54) is 4.90 Å². The molecule has 1 aromatic carbocycles. The molecule has 0 N–H and O–H groups in total. The molecule has 2 aromatic rings. The summed E-state index contributed by atoms with van der Waals surface area (Å²) in [6.07, 6.45) is 0. The summed E-state index contributed by atoms with van der Waals surface area (Å²) < 4.78 is 15.1. The van der Waals surface area contributed by atoms with Crippen molar-refractivity contribution in [3.05, 3.63) is 24.3 Å². The average Bonchev–Trinajstić information content (AvgIpc) is 2.97. The molecule has 0 fully saturated rings. The van der Waals surface area contributed by atoms with Crippen LogP contribution in [0.5, 0.6) is 5.75 Å². The normalized spacial score (nSPS) is 10.2. The first-order valence-electron chi connectivity index (χ1n) is 6.49. The summed E-state index contributed by atoms with van der Waals surface area (Å²) in [6, 6.07) is 7.55. The molecular formula is C14H17N3O4. The number of nitrogens with zero attached hydrogens (tertiary/aromatic N) is 3. The van der Waals surface area contributed by atoms with Crippen LogP contribution in [0.2, 0.25) is 0 Å². The highest BCUT2D eigenvalue weighted by molar-refractivity contribution is 5.74. The molecule has 0 aliphatic heterocycles. The van der Waals surface area contributed by atoms with Crippen LogP contribution in [0.25, 0.3) is 11.4 Å². The smallest absolute Gasteiger partial charge is 0.325 e. The highest BCUT2D eigenvalue weighted by Crippen LogP contribution is 2.21. The topological polar surface area (TPSA) is 77.7 Å². The van der Waals surface area contributed by atoms with E-state index in [1.807, 2.05) is 24.3 Å². The summed E-state index contributed by atoms with van der Waals surface area (Å²) in [5.41, 5.74) is 0.801. The second-order valence-electron chi connectivity index (χ2n) is 4.29. The lowest BCUT2D eigenvalue weighted by atomic mass is 10.2. The predicted octanol–water partition coefficient (Wildman–Crippen LogP) is 1.74. The summed E-state index contributed by atoms with van der Waals surface area (Å²) >= 11 is 0. The summed E-state index contributed by atoms with van der Waals surface area (Å²) in [6.45, 7) is 2.15. The second kappa shape index (κ2) is 6.74. The van der Waals surface area contributed by atoms with Crippen LogP contribution in [-0.2, 0) is 9.53 Å². The summed E-state index contributed by atoms with van der Waals surface area (Å²) in [5, 5.41) is 3.90. The number of carbonyl (C=O) groups excluding carboxylic acids is 1. The monoisotopic (exact) mass is 291 g/mol. The molecule has 7 nitrogen and oxygen atoms in total. The number of carbonyl (C=O) groups is 1. The Balaban J connectivity index is 2.07. The van der Waals surface area contributed by atoms with E-state index >= 15 is 0 Å². The molecule has 21 heavy (non-hydrogen) atoms. The Kier molecular flexibility index (Phi) is 4.76. The number of ether oxygens (including phenoxy) is 2. The molecule has 2 rings (SSSR count). The van der Waals surface area contributed by atoms with Crippen LogP contribution in [-0.4, -0.2) is 43.4 Å². The van der Waals surface area contributed by atoms with Crippen molar-refractivity contribution < 1.29 is 18.8 Å². The van der Waals surface area contributed by atoms with Gasteiger partial charge < -0.3 is 18.9 Å². The fourth-order valence-electron chi connectivity index (χ4n) is 1.70. The number of hydrogen-bond donors (Lipinski definition) is 0. The van der Waals surface area contributed by atoms with Crippen molar-refractivity contribution in [1.82, 2.24) is 10.1 Å². The third-order valence-electron chi connectivity index (χ3n) is 2.76. The molecule has 1 aromatic heterocycles. The second-order valence-corrected chi connectivity index (χ2v) is 4.29. The van der Waals surface area contributed by atoms with E-state index in [0.717, 1.165) is 11.3 Å². The van der Waals surface area contributed by atoms with Gasteiger partial charge in [-0.2, -0.15) is 4.98 Å². The molecule has 0 spiro atoms. The third kappa shape index (κ3) is 3.71. The number of esters is 1. The number of anilines is 1. The largest absolute Gasteiger partial charge is 0.497 e. The van der Waals surface area contributed by atoms with Gasteiger partial charge in [0.1, 0.15) is 12.3 Å². The maximum absolute atomic E-state index is 11.4. The van der Waals surface area contributed by atoms with Gasteiger partial charge in [-0.05, 0) is 31.2 Å². The summed E-state index contributed by atoms with van der Waals surface area (Å²) in [7, 11) is 3.29. The molecule has 112 valence electrons. The zero-order chi connectivity index (χ0) is 15.2. The molecule has 1 heterocycles. The van der Waals surface area contributed by atoms with Crippen LogP contribution in [0.15, 0.2) is 28.8 Å². The van der Waals surface area contributed by atoms with Crippen molar-refractivity contribution >= 4 is 12.0 Å². The van der Waals surface area contributed by atoms with Gasteiger partial charge in [-0.25, -0.2) is 0 Å². The first kappa shape index (κ1) is 14.8. The van der Waals surface area contributed by atoms with Crippen molar-refractivity contribution in [3.8, 4) is 17.1 Å². The van der Waals surface area contributed by atoms with Crippen LogP contribution in [0.1, 0.15) is 6.92 Å². The lowest BCUT2D eigenvalue weighted by molar-refractivity contribution is -0.141. The van der Waals surface area contributed by atoms with Gasteiger partial charge in [-0.1, -0.05) is 5.16 Å². The highest BCUT2D eigenvalue weighted by atomic mass is 16.5. The molecule has 7 heteroatoms. The van der Waals surface area contributed by atoms with Gasteiger partial charge in [0, 0.05) is 12.6 Å². The Morgan fingerprint density at radius 3 is 2.67 bits per heavy atom. The van der Waals surface area contributed by atoms with Crippen molar-refractivity contribution in [1.29, 1.82) is 0 Å². The highest BCUT2D eigenvalue weighted by Gasteiger charge is 2.15. The zero-order valence-electron chi connectivity index (χ0n) is 12.2. The van der Waals surface area contributed by atoms with Gasteiger partial charge in [-0.15, -0.1) is 0 Å². The van der Waals surface area contributed by atoms with Gasteiger partial charge in [0.15, 0.2) is 0 Å². The Hall–Kier alpha value is -2.57. The van der Waals surface area contributed by atoms with Crippen LogP contribution in [0, 0.1) is 0 Å². The molecule has 0 saturated carbocycles. The number of hydrogen-bond acceptors (Lipinski definition) is 7. The van der Waals surface area contributed by atoms with Crippen molar-refractivity contribution in [2.75, 3.05) is 32.2 Å². The number of rotatable bonds is 6. The Morgan fingerprint density at radius 1 is 1.33 bits per heavy atom. The van der Waals surface area contributed by atoms with Gasteiger partial charge in [-0.3, -0.25) is 4.79 Å². The molecule has 0 atom stereocenters. The lowest BCUT2D eigenvalue weighted by Crippen LogP contribution is -2.27. The van der Waals surface area contributed by atoms with Crippen LogP contribution >= 0.6 is 0 Å². The van der Waals surface area contributed by atoms with E-state index in [2.05, 4.69) is 10.1 Å². The van der Waals surface area contributed by atoms with Crippen LogP contribution < -0.4 is 9.64 Å². The van der Waals surface area contributed by atoms with Gasteiger partial charge in [0.05, 0.1) is 13.7 Å². The number of benzene rings is 1. The van der Waals surface area contributed by atoms with Gasteiger partial charge >= 0.3 is 12.0 Å². The van der Waals surface area contributed by atoms with Gasteiger partial charge in [0.25, 0.3) is 0 Å². The standard InChI is InChI=1S/C14H17N3O4/c1-4-20-12(18)9-17(2)14-15-13(16-21-14)10-5-7-11(19-3)8-6-10/h5-8H,4,9H2,1-3H3. The summed E-state index contributed by atoms with van der Waals surface area (Å²) in [4.78, 5) is 17.2. The van der Waals surface area contributed by atoms with Gasteiger partial charge in [0.2, 0.25) is 5.82 Å². The minimum atomic E-state index is -0.343. The number of aromatic nitrogens is 2. The SMILES string of the molecule is CCOC(=O)CN(C)c1nc(-c2ccc(OC)cc2)no1. The molecule has 0 amide bonds. The van der Waals surface area contributed by atoms with Crippen LogP contribution in [0.3, 0.4) is 0 Å². The van der Waals surface area contributed by atoms with E-state index in [-0.39, 0.29) is 18.5 Å². The minimum absolute atomic E-state index is 0.0537. The Labute approximate surface area is 122 Å². The molecule has 0 aliphatic carbocycles. The first-order chi connectivity index (χ1) is 10.1. The quantitative estimate of drug-likeness (QED) is 0.750. The molecular weight excluding hydrogens is 274 g/mol. The fraction of sp³-hybridized carbons (Fsp3) is 0.357. The van der Waals surface area contributed by atoms with Crippen LogP contribution in [0.4, 0.5) is 6.01 Å². The number of likely N-dealkylation sites (N-methyl/N-ethyl adjacent to an activating group) is 1.